The molecule has 0 saturated heterocycles. The number of rotatable bonds is 9. The van der Waals surface area contributed by atoms with Crippen LogP contribution in [0, 0.1) is 19.4 Å². The fourth-order valence-corrected chi connectivity index (χ4v) is 3.09. The lowest BCUT2D eigenvalue weighted by molar-refractivity contribution is -0.139. The van der Waals surface area contributed by atoms with Crippen LogP contribution in [0.1, 0.15) is 64.6 Å². The van der Waals surface area contributed by atoms with Gasteiger partial charge in [0.2, 0.25) is 11.8 Å². The summed E-state index contributed by atoms with van der Waals surface area (Å²) in [6, 6.07) is 3.91. The second-order valence-electron chi connectivity index (χ2n) is 9.12. The first-order valence-corrected chi connectivity index (χ1v) is 10.8. The molecule has 0 aliphatic rings. The van der Waals surface area contributed by atoms with Crippen LogP contribution in [0.2, 0.25) is 0 Å². The molecule has 1 rings (SSSR count). The molecule has 5 N–H and O–H groups in total. The number of carbonyl (C=O) groups excluding carboxylic acids is 4. The van der Waals surface area contributed by atoms with Gasteiger partial charge in [0, 0.05) is 24.1 Å². The molecule has 0 fully saturated rings. The van der Waals surface area contributed by atoms with E-state index in [1.165, 1.54) is 6.07 Å². The van der Waals surface area contributed by atoms with Gasteiger partial charge < -0.3 is 26.2 Å². The summed E-state index contributed by atoms with van der Waals surface area (Å²) in [5.74, 6) is -2.37. The second kappa shape index (κ2) is 11.9. The van der Waals surface area contributed by atoms with Gasteiger partial charge in [0.1, 0.15) is 17.4 Å². The molecule has 0 saturated carbocycles. The van der Waals surface area contributed by atoms with E-state index >= 15 is 0 Å². The fourth-order valence-electron chi connectivity index (χ4n) is 3.09. The highest BCUT2D eigenvalue weighted by Gasteiger charge is 2.37. The van der Waals surface area contributed by atoms with Crippen LogP contribution in [0.25, 0.3) is 0 Å². The summed E-state index contributed by atoms with van der Waals surface area (Å²) in [5, 5.41) is 15.7. The van der Waals surface area contributed by atoms with E-state index in [9.17, 15) is 24.3 Å². The summed E-state index contributed by atoms with van der Waals surface area (Å²) in [6.45, 7) is 10.0. The Hall–Kier alpha value is -3.74. The van der Waals surface area contributed by atoms with E-state index in [-0.39, 0.29) is 30.2 Å². The summed E-state index contributed by atoms with van der Waals surface area (Å²) in [4.78, 5) is 51.1. The highest BCUT2D eigenvalue weighted by atomic mass is 16.6. The molecular weight excluding hydrogens is 440 g/mol. The highest BCUT2D eigenvalue weighted by Crippen LogP contribution is 2.32. The van der Waals surface area contributed by atoms with Gasteiger partial charge in [-0.3, -0.25) is 19.3 Å². The first-order valence-electron chi connectivity index (χ1n) is 10.8. The van der Waals surface area contributed by atoms with Gasteiger partial charge in [-0.15, -0.1) is 0 Å². The standard InChI is InChI=1S/C24H34N4O6/c1-8-28(19(21(31)26-14(2)3)16-11-9-10-15(4)20(16)30)22(32)17(12-13-18(25)29)27-23(33)34-24(5,6)7/h1,9-11,14,17,19,30H,12-13H2,2-7H3,(H2,25,29)(H,26,31)(H,27,33). The van der Waals surface area contributed by atoms with E-state index in [1.54, 1.807) is 53.7 Å². The number of benzene rings is 1. The Morgan fingerprint density at radius 1 is 1.21 bits per heavy atom. The van der Waals surface area contributed by atoms with Crippen LogP contribution in [0.5, 0.6) is 5.75 Å². The number of hydrogen-bond acceptors (Lipinski definition) is 6. The number of alkyl carbamates (subject to hydrolysis) is 1. The Morgan fingerprint density at radius 2 is 1.82 bits per heavy atom. The van der Waals surface area contributed by atoms with Crippen LogP contribution in [0.4, 0.5) is 4.79 Å². The lowest BCUT2D eigenvalue weighted by atomic mass is 9.99. The first-order chi connectivity index (χ1) is 15.7. The van der Waals surface area contributed by atoms with Crippen LogP contribution in [-0.4, -0.2) is 51.5 Å². The van der Waals surface area contributed by atoms with Gasteiger partial charge in [0.25, 0.3) is 5.91 Å². The van der Waals surface area contributed by atoms with E-state index in [0.717, 1.165) is 4.90 Å². The van der Waals surface area contributed by atoms with Gasteiger partial charge in [-0.05, 0) is 53.5 Å². The van der Waals surface area contributed by atoms with Crippen molar-refractivity contribution < 1.29 is 29.0 Å². The van der Waals surface area contributed by atoms with Crippen molar-refractivity contribution in [2.45, 2.75) is 78.1 Å². The predicted octanol–water partition coefficient (Wildman–Crippen LogP) is 1.84. The lowest BCUT2D eigenvalue weighted by Crippen LogP contribution is -2.52. The molecule has 0 aliphatic carbocycles. The Labute approximate surface area is 200 Å². The maximum Gasteiger partial charge on any atom is 0.408 e. The zero-order valence-corrected chi connectivity index (χ0v) is 20.5. The number of aromatic hydroxyl groups is 1. The van der Waals surface area contributed by atoms with Gasteiger partial charge in [0.15, 0.2) is 6.04 Å². The summed E-state index contributed by atoms with van der Waals surface area (Å²) in [6.07, 6.45) is 4.33. The average Bonchev–Trinajstić information content (AvgIpc) is 2.69. The molecule has 0 bridgehead atoms. The third-order valence-corrected chi connectivity index (χ3v) is 4.55. The Bertz CT molecular complexity index is 961. The van der Waals surface area contributed by atoms with Crippen molar-refractivity contribution >= 4 is 23.8 Å². The summed E-state index contributed by atoms with van der Waals surface area (Å²) in [5.41, 5.74) is 4.96. The van der Waals surface area contributed by atoms with Crippen molar-refractivity contribution in [1.29, 1.82) is 0 Å². The molecule has 1 aromatic carbocycles. The number of phenolic OH excluding ortho intramolecular Hbond substituents is 1. The normalized spacial score (nSPS) is 12.8. The lowest BCUT2D eigenvalue weighted by Gasteiger charge is -2.31. The third kappa shape index (κ3) is 8.31. The molecular formula is C24H34N4O6. The molecule has 34 heavy (non-hydrogen) atoms. The molecule has 0 radical (unpaired) electrons. The summed E-state index contributed by atoms with van der Waals surface area (Å²) >= 11 is 0. The number of aryl methyl sites for hydroxylation is 1. The Kier molecular flexibility index (Phi) is 9.93. The van der Waals surface area contributed by atoms with Crippen LogP contribution in [-0.2, 0) is 19.1 Å². The van der Waals surface area contributed by atoms with Gasteiger partial charge in [0.05, 0.1) is 0 Å². The zero-order chi connectivity index (χ0) is 26.2. The monoisotopic (exact) mass is 474 g/mol. The maximum absolute atomic E-state index is 13.5. The second-order valence-corrected chi connectivity index (χ2v) is 9.12. The first kappa shape index (κ1) is 28.3. The van der Waals surface area contributed by atoms with E-state index < -0.39 is 41.5 Å². The number of primary amides is 1. The van der Waals surface area contributed by atoms with Crippen LogP contribution in [0.15, 0.2) is 18.2 Å². The number of para-hydroxylation sites is 1. The number of ether oxygens (including phenoxy) is 1. The molecule has 4 amide bonds. The quantitative estimate of drug-likeness (QED) is 0.317. The van der Waals surface area contributed by atoms with E-state index in [1.807, 2.05) is 0 Å². The number of nitrogens with zero attached hydrogens (tertiary/aromatic N) is 1. The molecule has 10 nitrogen and oxygen atoms in total. The van der Waals surface area contributed by atoms with Crippen molar-refractivity contribution in [3.63, 3.8) is 0 Å². The summed E-state index contributed by atoms with van der Waals surface area (Å²) < 4.78 is 5.21. The minimum atomic E-state index is -1.41. The molecule has 2 unspecified atom stereocenters. The predicted molar refractivity (Wildman–Crippen MR) is 126 cm³/mol. The van der Waals surface area contributed by atoms with Crippen molar-refractivity contribution in [3.8, 4) is 18.2 Å². The zero-order valence-electron chi connectivity index (χ0n) is 20.5. The Morgan fingerprint density at radius 3 is 2.32 bits per heavy atom. The average molecular weight is 475 g/mol. The minimum absolute atomic E-state index is 0.107. The molecule has 0 heterocycles. The number of nitrogens with two attached hydrogens (primary N) is 1. The van der Waals surface area contributed by atoms with E-state index in [2.05, 4.69) is 16.7 Å². The smallest absolute Gasteiger partial charge is 0.408 e. The van der Waals surface area contributed by atoms with E-state index in [4.69, 9.17) is 16.9 Å². The number of carbonyl (C=O) groups is 4. The van der Waals surface area contributed by atoms with Gasteiger partial charge in [-0.25, -0.2) is 4.79 Å². The maximum atomic E-state index is 13.5. The molecule has 2 atom stereocenters. The third-order valence-electron chi connectivity index (χ3n) is 4.55. The number of amides is 4. The van der Waals surface area contributed by atoms with Gasteiger partial charge in [-0.2, -0.15) is 0 Å². The number of phenols is 1. The molecule has 10 heteroatoms. The van der Waals surface area contributed by atoms with Crippen LogP contribution in [0.3, 0.4) is 0 Å². The number of hydrogen-bond donors (Lipinski definition) is 4. The molecule has 186 valence electrons. The highest BCUT2D eigenvalue weighted by molar-refractivity contribution is 5.94. The Balaban J connectivity index is 3.46. The van der Waals surface area contributed by atoms with E-state index in [0.29, 0.717) is 5.56 Å². The van der Waals surface area contributed by atoms with Crippen LogP contribution >= 0.6 is 0 Å². The minimum Gasteiger partial charge on any atom is -0.507 e. The molecule has 0 spiro atoms. The fraction of sp³-hybridized carbons (Fsp3) is 0.500. The van der Waals surface area contributed by atoms with Crippen molar-refractivity contribution in [2.75, 3.05) is 0 Å². The van der Waals surface area contributed by atoms with Crippen molar-refractivity contribution in [1.82, 2.24) is 15.5 Å². The topological polar surface area (TPSA) is 151 Å². The largest absolute Gasteiger partial charge is 0.507 e. The van der Waals surface area contributed by atoms with Crippen molar-refractivity contribution in [3.05, 3.63) is 29.3 Å². The molecule has 1 aromatic rings. The summed E-state index contributed by atoms with van der Waals surface area (Å²) in [7, 11) is 0. The number of nitrogens with one attached hydrogen (secondary N) is 2. The van der Waals surface area contributed by atoms with Gasteiger partial charge in [-0.1, -0.05) is 24.6 Å². The van der Waals surface area contributed by atoms with Gasteiger partial charge >= 0.3 is 6.09 Å². The van der Waals surface area contributed by atoms with Crippen molar-refractivity contribution in [2.24, 2.45) is 5.73 Å². The SMILES string of the molecule is C#CN(C(=O)C(CCC(N)=O)NC(=O)OC(C)(C)C)C(C(=O)NC(C)C)c1cccc(C)c1O. The number of terminal acetylenes is 1. The van der Waals surface area contributed by atoms with Crippen LogP contribution < -0.4 is 16.4 Å². The molecule has 0 aromatic heterocycles. The molecule has 0 aliphatic heterocycles.